The molecule has 1 N–H and O–H groups in total. The molecule has 0 spiro atoms. The van der Waals surface area contributed by atoms with E-state index >= 15 is 0 Å². The molecule has 124 valence electrons. The highest BCUT2D eigenvalue weighted by Gasteiger charge is 2.18. The Morgan fingerprint density at radius 1 is 1.22 bits per heavy atom. The lowest BCUT2D eigenvalue weighted by Gasteiger charge is -2.21. The van der Waals surface area contributed by atoms with Crippen molar-refractivity contribution in [2.24, 2.45) is 0 Å². The van der Waals surface area contributed by atoms with Crippen molar-refractivity contribution in [1.82, 2.24) is 5.32 Å². The molecule has 0 radical (unpaired) electrons. The summed E-state index contributed by atoms with van der Waals surface area (Å²) in [4.78, 5) is 23.8. The lowest BCUT2D eigenvalue weighted by molar-refractivity contribution is -0.141. The number of hydrogen-bond donors (Lipinski definition) is 1. The van der Waals surface area contributed by atoms with E-state index < -0.39 is 0 Å². The second-order valence-electron chi connectivity index (χ2n) is 5.95. The maximum Gasteiger partial charge on any atom is 0.305 e. The maximum absolute atomic E-state index is 12.4. The molecule has 4 nitrogen and oxygen atoms in total. The van der Waals surface area contributed by atoms with E-state index in [1.807, 2.05) is 36.4 Å². The predicted octanol–water partition coefficient (Wildman–Crippen LogP) is 3.17. The van der Waals surface area contributed by atoms with E-state index in [4.69, 9.17) is 4.74 Å². The molecular formula is C19H25NO3. The molecule has 1 aromatic rings. The number of amides is 1. The number of esters is 1. The fourth-order valence-electron chi connectivity index (χ4n) is 2.84. The van der Waals surface area contributed by atoms with E-state index in [0.29, 0.717) is 12.8 Å². The summed E-state index contributed by atoms with van der Waals surface area (Å²) in [6.45, 7) is 0. The van der Waals surface area contributed by atoms with Crippen molar-refractivity contribution in [1.29, 1.82) is 0 Å². The van der Waals surface area contributed by atoms with Crippen molar-refractivity contribution in [2.75, 3.05) is 7.11 Å². The molecule has 1 unspecified atom stereocenters. The van der Waals surface area contributed by atoms with Crippen LogP contribution in [0.1, 0.15) is 44.1 Å². The molecule has 1 aromatic carbocycles. The minimum absolute atomic E-state index is 0.00972. The van der Waals surface area contributed by atoms with Gasteiger partial charge in [0, 0.05) is 18.0 Å². The third-order valence-corrected chi connectivity index (χ3v) is 4.17. The van der Waals surface area contributed by atoms with Crippen molar-refractivity contribution < 1.29 is 14.3 Å². The van der Waals surface area contributed by atoms with Gasteiger partial charge >= 0.3 is 5.97 Å². The van der Waals surface area contributed by atoms with Crippen molar-refractivity contribution >= 4 is 11.9 Å². The van der Waals surface area contributed by atoms with Gasteiger partial charge in [-0.3, -0.25) is 9.59 Å². The number of methoxy groups -OCH3 is 1. The van der Waals surface area contributed by atoms with E-state index in [-0.39, 0.29) is 17.9 Å². The van der Waals surface area contributed by atoms with E-state index in [9.17, 15) is 9.59 Å². The summed E-state index contributed by atoms with van der Waals surface area (Å²) < 4.78 is 4.71. The highest BCUT2D eigenvalue weighted by Crippen LogP contribution is 2.18. The minimum Gasteiger partial charge on any atom is -0.469 e. The van der Waals surface area contributed by atoms with Crippen LogP contribution < -0.4 is 5.32 Å². The predicted molar refractivity (Wildman–Crippen MR) is 89.9 cm³/mol. The first-order valence-electron chi connectivity index (χ1n) is 8.29. The average Bonchev–Trinajstić information content (AvgIpc) is 2.61. The quantitative estimate of drug-likeness (QED) is 0.786. The second-order valence-corrected chi connectivity index (χ2v) is 5.95. The van der Waals surface area contributed by atoms with Gasteiger partial charge in [0.05, 0.1) is 7.11 Å². The molecule has 0 heterocycles. The van der Waals surface area contributed by atoms with E-state index in [1.165, 1.54) is 7.11 Å². The van der Waals surface area contributed by atoms with Gasteiger partial charge < -0.3 is 10.1 Å². The number of rotatable bonds is 7. The summed E-state index contributed by atoms with van der Waals surface area (Å²) in [5.74, 6) is -0.232. The number of ether oxygens (including phenoxy) is 1. The lowest BCUT2D eigenvalue weighted by Crippen LogP contribution is -2.38. The Morgan fingerprint density at radius 2 is 2.00 bits per heavy atom. The zero-order valence-electron chi connectivity index (χ0n) is 13.7. The molecule has 1 aliphatic carbocycles. The molecule has 1 amide bonds. The molecule has 1 atom stereocenters. The lowest BCUT2D eigenvalue weighted by atomic mass is 9.97. The van der Waals surface area contributed by atoms with Crippen LogP contribution in [0.3, 0.4) is 0 Å². The van der Waals surface area contributed by atoms with Crippen molar-refractivity contribution in [3.05, 3.63) is 47.5 Å². The molecule has 0 aliphatic heterocycles. The fraction of sp³-hybridized carbons (Fsp3) is 0.474. The Labute approximate surface area is 137 Å². The smallest absolute Gasteiger partial charge is 0.305 e. The first-order valence-corrected chi connectivity index (χ1v) is 8.29. The van der Waals surface area contributed by atoms with Crippen LogP contribution in [0.2, 0.25) is 0 Å². The number of allylic oxidation sites excluding steroid dienone is 1. The van der Waals surface area contributed by atoms with E-state index in [0.717, 1.165) is 43.2 Å². The fourth-order valence-corrected chi connectivity index (χ4v) is 2.84. The van der Waals surface area contributed by atoms with Crippen molar-refractivity contribution in [3.8, 4) is 0 Å². The van der Waals surface area contributed by atoms with Gasteiger partial charge in [-0.15, -0.1) is 0 Å². The van der Waals surface area contributed by atoms with Crippen LogP contribution in [-0.4, -0.2) is 25.0 Å². The molecule has 0 aromatic heterocycles. The van der Waals surface area contributed by atoms with Gasteiger partial charge in [-0.05, 0) is 44.1 Å². The van der Waals surface area contributed by atoms with Gasteiger partial charge in [0.1, 0.15) is 0 Å². The van der Waals surface area contributed by atoms with Crippen LogP contribution in [0.15, 0.2) is 42.0 Å². The minimum atomic E-state index is -0.241. The molecule has 23 heavy (non-hydrogen) atoms. The number of benzene rings is 1. The zero-order valence-corrected chi connectivity index (χ0v) is 13.7. The number of carbonyl (C=O) groups is 2. The largest absolute Gasteiger partial charge is 0.469 e. The van der Waals surface area contributed by atoms with Gasteiger partial charge in [0.2, 0.25) is 5.91 Å². The molecule has 4 heteroatoms. The monoisotopic (exact) mass is 315 g/mol. The molecular weight excluding hydrogens is 290 g/mol. The standard InChI is InChI=1S/C19H25NO3/c1-23-18(21)13-12-17(14-15-8-4-2-5-9-15)20-19(22)16-10-6-3-7-11-16/h2,4-5,8-10,17H,3,6-7,11-14H2,1H3,(H,20,22). The van der Waals surface area contributed by atoms with Crippen molar-refractivity contribution in [2.45, 2.75) is 51.0 Å². The van der Waals surface area contributed by atoms with Gasteiger partial charge in [-0.1, -0.05) is 36.4 Å². The van der Waals surface area contributed by atoms with Crippen LogP contribution >= 0.6 is 0 Å². The molecule has 0 saturated heterocycles. The van der Waals surface area contributed by atoms with Crippen LogP contribution in [-0.2, 0) is 20.7 Å². The Hall–Kier alpha value is -2.10. The summed E-state index contributed by atoms with van der Waals surface area (Å²) in [7, 11) is 1.39. The Bertz CT molecular complexity index is 551. The summed E-state index contributed by atoms with van der Waals surface area (Å²) in [6.07, 6.45) is 7.72. The van der Waals surface area contributed by atoms with E-state index in [2.05, 4.69) is 5.32 Å². The van der Waals surface area contributed by atoms with Crippen LogP contribution in [0, 0.1) is 0 Å². The van der Waals surface area contributed by atoms with Crippen molar-refractivity contribution in [3.63, 3.8) is 0 Å². The number of hydrogen-bond acceptors (Lipinski definition) is 3. The highest BCUT2D eigenvalue weighted by molar-refractivity contribution is 5.93. The molecule has 1 aliphatic rings. The second kappa shape index (κ2) is 9.13. The topological polar surface area (TPSA) is 55.4 Å². The first kappa shape index (κ1) is 17.3. The maximum atomic E-state index is 12.4. The summed E-state index contributed by atoms with van der Waals surface area (Å²) in [5.41, 5.74) is 2.03. The SMILES string of the molecule is COC(=O)CCC(Cc1ccccc1)NC(=O)C1=CCCCC1. The molecule has 2 rings (SSSR count). The Morgan fingerprint density at radius 3 is 2.65 bits per heavy atom. The molecule has 0 fully saturated rings. The van der Waals surface area contributed by atoms with Crippen LogP contribution in [0.5, 0.6) is 0 Å². The first-order chi connectivity index (χ1) is 11.2. The van der Waals surface area contributed by atoms with Gasteiger partial charge in [0.15, 0.2) is 0 Å². The summed E-state index contributed by atoms with van der Waals surface area (Å²) >= 11 is 0. The number of carbonyl (C=O) groups excluding carboxylic acids is 2. The molecule has 0 saturated carbocycles. The van der Waals surface area contributed by atoms with Gasteiger partial charge in [-0.2, -0.15) is 0 Å². The number of nitrogens with one attached hydrogen (secondary N) is 1. The Kier molecular flexibility index (Phi) is 6.85. The third-order valence-electron chi connectivity index (χ3n) is 4.17. The van der Waals surface area contributed by atoms with Gasteiger partial charge in [-0.25, -0.2) is 0 Å². The van der Waals surface area contributed by atoms with E-state index in [1.54, 1.807) is 0 Å². The van der Waals surface area contributed by atoms with Crippen LogP contribution in [0.25, 0.3) is 0 Å². The average molecular weight is 315 g/mol. The normalized spacial score (nSPS) is 15.4. The molecule has 0 bridgehead atoms. The highest BCUT2D eigenvalue weighted by atomic mass is 16.5. The Balaban J connectivity index is 1.98. The van der Waals surface area contributed by atoms with Gasteiger partial charge in [0.25, 0.3) is 0 Å². The third kappa shape index (κ3) is 5.89. The zero-order chi connectivity index (χ0) is 16.5. The van der Waals surface area contributed by atoms with Crippen LogP contribution in [0.4, 0.5) is 0 Å². The summed E-state index contributed by atoms with van der Waals surface area (Å²) in [5, 5.41) is 3.10. The summed E-state index contributed by atoms with van der Waals surface area (Å²) in [6, 6.07) is 9.95.